The van der Waals surface area contributed by atoms with Crippen LogP contribution in [0.5, 0.6) is 0 Å². The number of aromatic nitrogens is 4. The van der Waals surface area contributed by atoms with Gasteiger partial charge in [-0.2, -0.15) is 5.10 Å². The molecule has 1 saturated heterocycles. The Kier molecular flexibility index (Phi) is 3.31. The number of fused-ring (bicyclic) bond motifs is 1. The standard InChI is InChI=1S/C16H20N6/c1-17-12-3-2-6-22(10-12)14-4-5-18-16-15(14)13(9-19-16)11-7-20-21-8-11/h4-5,7-9,12,17H,2-3,6,10H2,1H3,(H,18,19)(H,20,21)/t12-/m0/s1. The maximum absolute atomic E-state index is 4.48. The van der Waals surface area contributed by atoms with Gasteiger partial charge in [-0.05, 0) is 26.0 Å². The summed E-state index contributed by atoms with van der Waals surface area (Å²) >= 11 is 0. The Hall–Kier alpha value is -2.34. The van der Waals surface area contributed by atoms with Crippen molar-refractivity contribution in [2.24, 2.45) is 0 Å². The highest BCUT2D eigenvalue weighted by atomic mass is 15.2. The Balaban J connectivity index is 1.82. The highest BCUT2D eigenvalue weighted by Crippen LogP contribution is 2.35. The summed E-state index contributed by atoms with van der Waals surface area (Å²) in [6, 6.07) is 2.67. The van der Waals surface area contributed by atoms with Gasteiger partial charge in [-0.3, -0.25) is 5.10 Å². The highest BCUT2D eigenvalue weighted by Gasteiger charge is 2.22. The van der Waals surface area contributed by atoms with Gasteiger partial charge in [0.2, 0.25) is 0 Å². The number of hydrogen-bond acceptors (Lipinski definition) is 4. The molecule has 3 N–H and O–H groups in total. The number of likely N-dealkylation sites (N-methyl/N-ethyl adjacent to an activating group) is 1. The predicted octanol–water partition coefficient (Wildman–Crippen LogP) is 2.14. The number of nitrogens with one attached hydrogen (secondary N) is 3. The summed E-state index contributed by atoms with van der Waals surface area (Å²) in [5.74, 6) is 0. The molecule has 1 atom stereocenters. The molecule has 4 rings (SSSR count). The average molecular weight is 296 g/mol. The summed E-state index contributed by atoms with van der Waals surface area (Å²) in [4.78, 5) is 10.2. The van der Waals surface area contributed by atoms with Gasteiger partial charge < -0.3 is 15.2 Å². The van der Waals surface area contributed by atoms with E-state index in [4.69, 9.17) is 0 Å². The summed E-state index contributed by atoms with van der Waals surface area (Å²) < 4.78 is 0. The predicted molar refractivity (Wildman–Crippen MR) is 88.0 cm³/mol. The third-order valence-electron chi connectivity index (χ3n) is 4.53. The molecule has 3 aromatic rings. The number of H-pyrrole nitrogens is 2. The molecule has 0 saturated carbocycles. The van der Waals surface area contributed by atoms with Crippen LogP contribution >= 0.6 is 0 Å². The van der Waals surface area contributed by atoms with Crippen molar-refractivity contribution in [1.29, 1.82) is 0 Å². The Bertz CT molecular complexity index is 760. The third-order valence-corrected chi connectivity index (χ3v) is 4.53. The largest absolute Gasteiger partial charge is 0.369 e. The second kappa shape index (κ2) is 5.46. The van der Waals surface area contributed by atoms with Crippen LogP contribution < -0.4 is 10.2 Å². The summed E-state index contributed by atoms with van der Waals surface area (Å²) in [5, 5.41) is 11.5. The van der Waals surface area contributed by atoms with Gasteiger partial charge in [0.05, 0.1) is 11.6 Å². The molecule has 1 aliphatic rings. The normalized spacial score (nSPS) is 19.0. The molecule has 1 fully saturated rings. The molecule has 1 aliphatic heterocycles. The van der Waals surface area contributed by atoms with E-state index in [1.54, 1.807) is 0 Å². The summed E-state index contributed by atoms with van der Waals surface area (Å²) in [7, 11) is 2.05. The van der Waals surface area contributed by atoms with Crippen molar-refractivity contribution < 1.29 is 0 Å². The smallest absolute Gasteiger partial charge is 0.139 e. The lowest BCUT2D eigenvalue weighted by Crippen LogP contribution is -2.44. The number of aromatic amines is 2. The quantitative estimate of drug-likeness (QED) is 0.692. The van der Waals surface area contributed by atoms with E-state index in [1.807, 2.05) is 31.8 Å². The molecule has 6 heteroatoms. The molecular formula is C16H20N6. The van der Waals surface area contributed by atoms with Crippen LogP contribution in [0, 0.1) is 0 Å². The molecule has 6 nitrogen and oxygen atoms in total. The van der Waals surface area contributed by atoms with Gasteiger partial charge in [-0.15, -0.1) is 0 Å². The van der Waals surface area contributed by atoms with Gasteiger partial charge >= 0.3 is 0 Å². The summed E-state index contributed by atoms with van der Waals surface area (Å²) in [5.41, 5.74) is 4.42. The zero-order valence-corrected chi connectivity index (χ0v) is 12.6. The van der Waals surface area contributed by atoms with Crippen molar-refractivity contribution in [3.8, 4) is 11.1 Å². The fourth-order valence-electron chi connectivity index (χ4n) is 3.36. The van der Waals surface area contributed by atoms with E-state index in [0.717, 1.165) is 29.9 Å². The van der Waals surface area contributed by atoms with E-state index in [0.29, 0.717) is 6.04 Å². The minimum atomic E-state index is 0.549. The van der Waals surface area contributed by atoms with Gasteiger partial charge in [-0.1, -0.05) is 0 Å². The Morgan fingerprint density at radius 1 is 1.36 bits per heavy atom. The van der Waals surface area contributed by atoms with Crippen LogP contribution in [0.3, 0.4) is 0 Å². The molecule has 0 spiro atoms. The van der Waals surface area contributed by atoms with E-state index in [-0.39, 0.29) is 0 Å². The van der Waals surface area contributed by atoms with Crippen LogP contribution in [0.4, 0.5) is 5.69 Å². The number of piperidine rings is 1. The number of rotatable bonds is 3. The lowest BCUT2D eigenvalue weighted by molar-refractivity contribution is 0.450. The summed E-state index contributed by atoms with van der Waals surface area (Å²) in [6.45, 7) is 2.12. The van der Waals surface area contributed by atoms with E-state index >= 15 is 0 Å². The monoisotopic (exact) mass is 296 g/mol. The van der Waals surface area contributed by atoms with Gasteiger partial charge in [0.15, 0.2) is 0 Å². The van der Waals surface area contributed by atoms with Crippen molar-refractivity contribution >= 4 is 16.7 Å². The maximum atomic E-state index is 4.48. The van der Waals surface area contributed by atoms with Crippen molar-refractivity contribution in [3.63, 3.8) is 0 Å². The number of anilines is 1. The topological polar surface area (TPSA) is 72.6 Å². The van der Waals surface area contributed by atoms with E-state index in [2.05, 4.69) is 36.4 Å². The Morgan fingerprint density at radius 3 is 3.14 bits per heavy atom. The van der Waals surface area contributed by atoms with Gasteiger partial charge in [0.1, 0.15) is 5.65 Å². The second-order valence-electron chi connectivity index (χ2n) is 5.82. The first kappa shape index (κ1) is 13.3. The first-order valence-electron chi connectivity index (χ1n) is 7.74. The molecule has 0 aliphatic carbocycles. The van der Waals surface area contributed by atoms with E-state index in [9.17, 15) is 0 Å². The summed E-state index contributed by atoms with van der Waals surface area (Å²) in [6.07, 6.45) is 10.1. The molecule has 3 aromatic heterocycles. The molecule has 114 valence electrons. The molecule has 0 radical (unpaired) electrons. The first-order valence-corrected chi connectivity index (χ1v) is 7.74. The van der Waals surface area contributed by atoms with Crippen LogP contribution in [0.25, 0.3) is 22.2 Å². The van der Waals surface area contributed by atoms with Crippen LogP contribution in [-0.2, 0) is 0 Å². The molecular weight excluding hydrogens is 276 g/mol. The van der Waals surface area contributed by atoms with Crippen LogP contribution in [-0.4, -0.2) is 46.3 Å². The van der Waals surface area contributed by atoms with Crippen LogP contribution in [0.2, 0.25) is 0 Å². The minimum Gasteiger partial charge on any atom is -0.369 e. The fourth-order valence-corrected chi connectivity index (χ4v) is 3.36. The molecule has 0 unspecified atom stereocenters. The van der Waals surface area contributed by atoms with E-state index < -0.39 is 0 Å². The first-order chi connectivity index (χ1) is 10.9. The molecule has 4 heterocycles. The number of hydrogen-bond donors (Lipinski definition) is 3. The van der Waals surface area contributed by atoms with Crippen molar-refractivity contribution in [1.82, 2.24) is 25.5 Å². The second-order valence-corrected chi connectivity index (χ2v) is 5.82. The highest BCUT2D eigenvalue weighted by molar-refractivity contribution is 6.02. The van der Waals surface area contributed by atoms with E-state index in [1.165, 1.54) is 23.9 Å². The Morgan fingerprint density at radius 2 is 2.32 bits per heavy atom. The lowest BCUT2D eigenvalue weighted by Gasteiger charge is -2.34. The van der Waals surface area contributed by atoms with Gasteiger partial charge in [0, 0.05) is 54.5 Å². The number of pyridine rings is 1. The lowest BCUT2D eigenvalue weighted by atomic mass is 10.0. The van der Waals surface area contributed by atoms with Crippen LogP contribution in [0.15, 0.2) is 30.9 Å². The Labute approximate surface area is 128 Å². The van der Waals surface area contributed by atoms with Crippen LogP contribution in [0.1, 0.15) is 12.8 Å². The van der Waals surface area contributed by atoms with Gasteiger partial charge in [0.25, 0.3) is 0 Å². The van der Waals surface area contributed by atoms with Crippen molar-refractivity contribution in [2.75, 3.05) is 25.0 Å². The third kappa shape index (κ3) is 2.16. The molecule has 0 bridgehead atoms. The van der Waals surface area contributed by atoms with Gasteiger partial charge in [-0.25, -0.2) is 4.98 Å². The minimum absolute atomic E-state index is 0.549. The molecule has 0 aromatic carbocycles. The number of nitrogens with zero attached hydrogens (tertiary/aromatic N) is 3. The molecule has 0 amide bonds. The molecule has 22 heavy (non-hydrogen) atoms. The SMILES string of the molecule is CN[C@H]1CCCN(c2ccnc3[nH]cc(-c4cn[nH]c4)c23)C1. The average Bonchev–Trinajstić information content (AvgIpc) is 3.23. The van der Waals surface area contributed by atoms with Crippen molar-refractivity contribution in [2.45, 2.75) is 18.9 Å². The maximum Gasteiger partial charge on any atom is 0.139 e. The van der Waals surface area contributed by atoms with Crippen molar-refractivity contribution in [3.05, 3.63) is 30.9 Å². The zero-order chi connectivity index (χ0) is 14.9. The fraction of sp³-hybridized carbons (Fsp3) is 0.375. The zero-order valence-electron chi connectivity index (χ0n) is 12.6.